The molecule has 0 bridgehead atoms. The van der Waals surface area contributed by atoms with Crippen LogP contribution in [-0.4, -0.2) is 69.0 Å². The van der Waals surface area contributed by atoms with Gasteiger partial charge in [-0.1, -0.05) is 0 Å². The van der Waals surface area contributed by atoms with Gasteiger partial charge in [-0.05, 0) is 0 Å². The lowest BCUT2D eigenvalue weighted by Gasteiger charge is -2.21. The number of methoxy groups -OCH3 is 1. The largest absolute Gasteiger partial charge is 0.395 e. The predicted octanol–water partition coefficient (Wildman–Crippen LogP) is -0.265. The second-order valence-electron chi connectivity index (χ2n) is 3.00. The Morgan fingerprint density at radius 1 is 1.44 bits per heavy atom. The lowest BCUT2D eigenvalue weighted by atomic mass is 10.4. The SMILES string of the molecule is COCCOCC(=O)N(CCO)CC(F)F. The molecule has 0 aliphatic rings. The highest BCUT2D eigenvalue weighted by molar-refractivity contribution is 5.77. The van der Waals surface area contributed by atoms with Crippen molar-refractivity contribution in [3.8, 4) is 0 Å². The minimum absolute atomic E-state index is 0.114. The third-order valence-electron chi connectivity index (χ3n) is 1.74. The van der Waals surface area contributed by atoms with Gasteiger partial charge in [-0.25, -0.2) is 8.78 Å². The normalized spacial score (nSPS) is 10.8. The third-order valence-corrected chi connectivity index (χ3v) is 1.74. The molecule has 0 aliphatic heterocycles. The summed E-state index contributed by atoms with van der Waals surface area (Å²) in [5.74, 6) is -0.564. The van der Waals surface area contributed by atoms with E-state index in [4.69, 9.17) is 9.84 Å². The van der Waals surface area contributed by atoms with E-state index in [-0.39, 0.29) is 26.4 Å². The van der Waals surface area contributed by atoms with Crippen LogP contribution in [0.5, 0.6) is 0 Å². The van der Waals surface area contributed by atoms with Crippen LogP contribution in [0.3, 0.4) is 0 Å². The van der Waals surface area contributed by atoms with Crippen molar-refractivity contribution in [2.75, 3.05) is 46.6 Å². The lowest BCUT2D eigenvalue weighted by molar-refractivity contribution is -0.139. The number of hydrogen-bond acceptors (Lipinski definition) is 4. The first-order chi connectivity index (χ1) is 7.61. The van der Waals surface area contributed by atoms with E-state index in [1.54, 1.807) is 0 Å². The highest BCUT2D eigenvalue weighted by atomic mass is 19.3. The number of aliphatic hydroxyl groups is 1. The van der Waals surface area contributed by atoms with E-state index >= 15 is 0 Å². The van der Waals surface area contributed by atoms with Crippen LogP contribution in [0, 0.1) is 0 Å². The van der Waals surface area contributed by atoms with Crippen LogP contribution in [0.2, 0.25) is 0 Å². The Hall–Kier alpha value is -0.790. The van der Waals surface area contributed by atoms with E-state index in [0.717, 1.165) is 4.90 Å². The van der Waals surface area contributed by atoms with Crippen LogP contribution in [-0.2, 0) is 14.3 Å². The fraction of sp³-hybridized carbons (Fsp3) is 0.889. The Balaban J connectivity index is 3.87. The summed E-state index contributed by atoms with van der Waals surface area (Å²) in [6.45, 7) is -0.873. The van der Waals surface area contributed by atoms with Gasteiger partial charge in [0.1, 0.15) is 6.61 Å². The molecule has 96 valence electrons. The van der Waals surface area contributed by atoms with Gasteiger partial charge < -0.3 is 19.5 Å². The summed E-state index contributed by atoms with van der Waals surface area (Å²) in [6, 6.07) is 0. The number of halogens is 2. The molecule has 0 spiro atoms. The van der Waals surface area contributed by atoms with Crippen LogP contribution >= 0.6 is 0 Å². The van der Waals surface area contributed by atoms with E-state index in [2.05, 4.69) is 4.74 Å². The van der Waals surface area contributed by atoms with Gasteiger partial charge in [-0.3, -0.25) is 4.79 Å². The van der Waals surface area contributed by atoms with Gasteiger partial charge in [0.05, 0.1) is 26.4 Å². The Morgan fingerprint density at radius 2 is 2.12 bits per heavy atom. The quantitative estimate of drug-likeness (QED) is 0.565. The summed E-state index contributed by atoms with van der Waals surface area (Å²) >= 11 is 0. The Kier molecular flexibility index (Phi) is 8.97. The van der Waals surface area contributed by atoms with Crippen LogP contribution in [0.25, 0.3) is 0 Å². The summed E-state index contributed by atoms with van der Waals surface area (Å²) < 4.78 is 33.7. The van der Waals surface area contributed by atoms with Gasteiger partial charge in [0.25, 0.3) is 6.43 Å². The molecule has 5 nitrogen and oxygen atoms in total. The Morgan fingerprint density at radius 3 is 2.62 bits per heavy atom. The minimum atomic E-state index is -2.62. The summed E-state index contributed by atoms with van der Waals surface area (Å²) in [6.07, 6.45) is -2.62. The fourth-order valence-electron chi connectivity index (χ4n) is 0.998. The fourth-order valence-corrected chi connectivity index (χ4v) is 0.998. The number of carbonyl (C=O) groups excluding carboxylic acids is 1. The number of aliphatic hydroxyl groups excluding tert-OH is 1. The molecule has 1 N–H and O–H groups in total. The van der Waals surface area contributed by atoms with Crippen molar-refractivity contribution in [2.45, 2.75) is 6.43 Å². The number of alkyl halides is 2. The van der Waals surface area contributed by atoms with E-state index < -0.39 is 18.9 Å². The third kappa shape index (κ3) is 7.49. The van der Waals surface area contributed by atoms with Crippen molar-refractivity contribution in [3.05, 3.63) is 0 Å². The molecule has 0 aromatic carbocycles. The number of nitrogens with zero attached hydrogens (tertiary/aromatic N) is 1. The van der Waals surface area contributed by atoms with Crippen molar-refractivity contribution >= 4 is 5.91 Å². The van der Waals surface area contributed by atoms with E-state index in [0.29, 0.717) is 6.61 Å². The first-order valence-electron chi connectivity index (χ1n) is 4.85. The van der Waals surface area contributed by atoms with E-state index in [1.165, 1.54) is 7.11 Å². The molecule has 0 aromatic rings. The zero-order valence-corrected chi connectivity index (χ0v) is 9.20. The van der Waals surface area contributed by atoms with E-state index in [9.17, 15) is 13.6 Å². The van der Waals surface area contributed by atoms with E-state index in [1.807, 2.05) is 0 Å². The van der Waals surface area contributed by atoms with Crippen LogP contribution in [0.4, 0.5) is 8.78 Å². The predicted molar refractivity (Wildman–Crippen MR) is 52.4 cm³/mol. The molecule has 0 heterocycles. The molecule has 0 unspecified atom stereocenters. The molecule has 0 rings (SSSR count). The van der Waals surface area contributed by atoms with Gasteiger partial charge in [0, 0.05) is 13.7 Å². The molecule has 0 fully saturated rings. The topological polar surface area (TPSA) is 59.0 Å². The zero-order valence-electron chi connectivity index (χ0n) is 9.20. The summed E-state index contributed by atoms with van der Waals surface area (Å²) in [7, 11) is 1.49. The molecule has 0 saturated carbocycles. The molecule has 0 aromatic heterocycles. The maximum Gasteiger partial charge on any atom is 0.255 e. The first kappa shape index (κ1) is 15.2. The lowest BCUT2D eigenvalue weighted by Crippen LogP contribution is -2.39. The van der Waals surface area contributed by atoms with Gasteiger partial charge >= 0.3 is 0 Å². The maximum atomic E-state index is 12.1. The number of hydrogen-bond donors (Lipinski definition) is 1. The van der Waals surface area contributed by atoms with Crippen molar-refractivity contribution < 1.29 is 28.2 Å². The average Bonchev–Trinajstić information content (AvgIpc) is 2.23. The molecule has 16 heavy (non-hydrogen) atoms. The monoisotopic (exact) mass is 241 g/mol. The molecule has 0 radical (unpaired) electrons. The molecule has 1 amide bonds. The highest BCUT2D eigenvalue weighted by Crippen LogP contribution is 1.99. The Labute approximate surface area is 92.9 Å². The van der Waals surface area contributed by atoms with Crippen molar-refractivity contribution in [1.82, 2.24) is 4.90 Å². The molecular formula is C9H17F2NO4. The minimum Gasteiger partial charge on any atom is -0.395 e. The molecule has 0 saturated heterocycles. The number of ether oxygens (including phenoxy) is 2. The first-order valence-corrected chi connectivity index (χ1v) is 4.85. The maximum absolute atomic E-state index is 12.1. The summed E-state index contributed by atoms with van der Waals surface area (Å²) in [5, 5.41) is 8.61. The zero-order chi connectivity index (χ0) is 12.4. The molecular weight excluding hydrogens is 224 g/mol. The average molecular weight is 241 g/mol. The Bertz CT molecular complexity index is 192. The second kappa shape index (κ2) is 9.44. The standard InChI is InChI=1S/C9H17F2NO4/c1-15-4-5-16-7-9(14)12(2-3-13)6-8(10)11/h8,13H,2-7H2,1H3. The van der Waals surface area contributed by atoms with Gasteiger partial charge in [-0.15, -0.1) is 0 Å². The highest BCUT2D eigenvalue weighted by Gasteiger charge is 2.17. The molecule has 0 atom stereocenters. The van der Waals surface area contributed by atoms with Crippen molar-refractivity contribution in [2.24, 2.45) is 0 Å². The van der Waals surface area contributed by atoms with Crippen LogP contribution in [0.1, 0.15) is 0 Å². The van der Waals surface area contributed by atoms with Gasteiger partial charge in [-0.2, -0.15) is 0 Å². The number of amides is 1. The van der Waals surface area contributed by atoms with Gasteiger partial charge in [0.15, 0.2) is 0 Å². The second-order valence-corrected chi connectivity index (χ2v) is 3.00. The summed E-state index contributed by atoms with van der Waals surface area (Å²) in [5.41, 5.74) is 0. The number of carbonyl (C=O) groups is 1. The summed E-state index contributed by atoms with van der Waals surface area (Å²) in [4.78, 5) is 12.2. The molecule has 7 heteroatoms. The smallest absolute Gasteiger partial charge is 0.255 e. The van der Waals surface area contributed by atoms with Crippen molar-refractivity contribution in [1.29, 1.82) is 0 Å². The van der Waals surface area contributed by atoms with Gasteiger partial charge in [0.2, 0.25) is 5.91 Å². The van der Waals surface area contributed by atoms with Crippen molar-refractivity contribution in [3.63, 3.8) is 0 Å². The van der Waals surface area contributed by atoms with Crippen LogP contribution < -0.4 is 0 Å². The van der Waals surface area contributed by atoms with Crippen LogP contribution in [0.15, 0.2) is 0 Å². The number of rotatable bonds is 9. The molecule has 0 aliphatic carbocycles.